The molecule has 0 aliphatic heterocycles. The van der Waals surface area contributed by atoms with Gasteiger partial charge < -0.3 is 4.42 Å². The number of aryl methyl sites for hydroxylation is 3. The molecule has 1 aromatic carbocycles. The first-order valence-electron chi connectivity index (χ1n) is 8.75. The lowest BCUT2D eigenvalue weighted by Gasteiger charge is -2.20. The third-order valence-corrected chi connectivity index (χ3v) is 4.70. The van der Waals surface area contributed by atoms with E-state index in [0.717, 1.165) is 43.4 Å². The molecular formula is C19H26N2O. The summed E-state index contributed by atoms with van der Waals surface area (Å²) in [4.78, 5) is 0. The van der Waals surface area contributed by atoms with E-state index in [1.54, 1.807) is 0 Å². The molecule has 0 spiro atoms. The van der Waals surface area contributed by atoms with Gasteiger partial charge in [-0.3, -0.25) is 0 Å². The van der Waals surface area contributed by atoms with Crippen LogP contribution in [-0.4, -0.2) is 10.2 Å². The van der Waals surface area contributed by atoms with Crippen LogP contribution in [0.2, 0.25) is 0 Å². The predicted molar refractivity (Wildman–Crippen MR) is 87.7 cm³/mol. The van der Waals surface area contributed by atoms with Gasteiger partial charge in [-0.1, -0.05) is 62.4 Å². The van der Waals surface area contributed by atoms with Crippen molar-refractivity contribution in [2.24, 2.45) is 5.92 Å². The lowest BCUT2D eigenvalue weighted by molar-refractivity contribution is 0.326. The molecule has 22 heavy (non-hydrogen) atoms. The van der Waals surface area contributed by atoms with Gasteiger partial charge in [0.2, 0.25) is 11.8 Å². The lowest BCUT2D eigenvalue weighted by Crippen LogP contribution is -2.07. The zero-order valence-corrected chi connectivity index (χ0v) is 13.3. The van der Waals surface area contributed by atoms with Gasteiger partial charge in [0.25, 0.3) is 0 Å². The highest BCUT2D eigenvalue weighted by atomic mass is 16.4. The monoisotopic (exact) mass is 298 g/mol. The Morgan fingerprint density at radius 2 is 1.59 bits per heavy atom. The summed E-state index contributed by atoms with van der Waals surface area (Å²) in [5.41, 5.74) is 1.37. The first-order valence-corrected chi connectivity index (χ1v) is 8.75. The van der Waals surface area contributed by atoms with E-state index in [4.69, 9.17) is 4.42 Å². The minimum Gasteiger partial charge on any atom is -0.425 e. The molecule has 0 bridgehead atoms. The summed E-state index contributed by atoms with van der Waals surface area (Å²) in [6, 6.07) is 10.6. The molecule has 3 nitrogen and oxygen atoms in total. The number of rotatable bonds is 7. The summed E-state index contributed by atoms with van der Waals surface area (Å²) in [5.74, 6) is 2.51. The minimum atomic E-state index is 0.801. The first kappa shape index (κ1) is 15.3. The highest BCUT2D eigenvalue weighted by Crippen LogP contribution is 2.27. The van der Waals surface area contributed by atoms with Crippen LogP contribution in [0.4, 0.5) is 0 Å². The van der Waals surface area contributed by atoms with Crippen molar-refractivity contribution in [1.82, 2.24) is 10.2 Å². The largest absolute Gasteiger partial charge is 0.425 e. The molecule has 1 aromatic heterocycles. The molecule has 0 N–H and O–H groups in total. The van der Waals surface area contributed by atoms with Gasteiger partial charge in [-0.05, 0) is 30.7 Å². The molecule has 1 heterocycles. The summed E-state index contributed by atoms with van der Waals surface area (Å²) in [7, 11) is 0. The molecule has 2 aromatic rings. The highest BCUT2D eigenvalue weighted by Gasteiger charge is 2.15. The van der Waals surface area contributed by atoms with Gasteiger partial charge in [-0.25, -0.2) is 0 Å². The number of hydrogen-bond donors (Lipinski definition) is 0. The summed E-state index contributed by atoms with van der Waals surface area (Å²) in [6.45, 7) is 0. The molecule has 0 saturated heterocycles. The standard InChI is InChI=1S/C19H26N2O/c1-3-8-16(9-4-1)12-7-13-18-20-21-19(22-18)15-14-17-10-5-2-6-11-17/h1,3-4,8-9,17H,2,5-7,10-15H2. The summed E-state index contributed by atoms with van der Waals surface area (Å²) < 4.78 is 5.79. The maximum atomic E-state index is 5.79. The molecule has 1 aliphatic carbocycles. The minimum absolute atomic E-state index is 0.801. The number of benzene rings is 1. The van der Waals surface area contributed by atoms with Gasteiger partial charge in [-0.2, -0.15) is 0 Å². The molecule has 1 aliphatic rings. The normalized spacial score (nSPS) is 16.0. The fraction of sp³-hybridized carbons (Fsp3) is 0.579. The Hall–Kier alpha value is -1.64. The van der Waals surface area contributed by atoms with Crippen LogP contribution in [0.3, 0.4) is 0 Å². The van der Waals surface area contributed by atoms with Crippen LogP contribution in [0, 0.1) is 5.92 Å². The smallest absolute Gasteiger partial charge is 0.216 e. The molecule has 0 unspecified atom stereocenters. The van der Waals surface area contributed by atoms with Crippen LogP contribution in [0.1, 0.15) is 62.3 Å². The van der Waals surface area contributed by atoms with Gasteiger partial charge >= 0.3 is 0 Å². The first-order chi connectivity index (χ1) is 10.9. The van der Waals surface area contributed by atoms with Crippen LogP contribution < -0.4 is 0 Å². The van der Waals surface area contributed by atoms with E-state index in [1.807, 2.05) is 0 Å². The molecule has 0 amide bonds. The lowest BCUT2D eigenvalue weighted by atomic mass is 9.86. The molecule has 0 radical (unpaired) electrons. The van der Waals surface area contributed by atoms with E-state index in [1.165, 1.54) is 44.1 Å². The highest BCUT2D eigenvalue weighted by molar-refractivity contribution is 5.14. The van der Waals surface area contributed by atoms with E-state index in [9.17, 15) is 0 Å². The quantitative estimate of drug-likeness (QED) is 0.740. The van der Waals surface area contributed by atoms with Gasteiger partial charge in [-0.15, -0.1) is 10.2 Å². The Kier molecular flexibility index (Phi) is 5.63. The van der Waals surface area contributed by atoms with Crippen LogP contribution >= 0.6 is 0 Å². The average Bonchev–Trinajstić information content (AvgIpc) is 3.03. The Labute approximate surface area is 133 Å². The number of hydrogen-bond acceptors (Lipinski definition) is 3. The molecule has 118 valence electrons. The zero-order valence-electron chi connectivity index (χ0n) is 13.3. The van der Waals surface area contributed by atoms with E-state index < -0.39 is 0 Å². The van der Waals surface area contributed by atoms with Crippen molar-refractivity contribution in [3.05, 3.63) is 47.7 Å². The van der Waals surface area contributed by atoms with Crippen LogP contribution in [0.25, 0.3) is 0 Å². The van der Waals surface area contributed by atoms with E-state index in [2.05, 4.69) is 40.5 Å². The van der Waals surface area contributed by atoms with Crippen molar-refractivity contribution in [2.75, 3.05) is 0 Å². The Balaban J connectivity index is 1.39. The Morgan fingerprint density at radius 3 is 2.36 bits per heavy atom. The number of nitrogens with zero attached hydrogens (tertiary/aromatic N) is 2. The van der Waals surface area contributed by atoms with Gasteiger partial charge in [0.05, 0.1) is 0 Å². The summed E-state index contributed by atoms with van der Waals surface area (Å²) >= 11 is 0. The van der Waals surface area contributed by atoms with Crippen molar-refractivity contribution in [3.8, 4) is 0 Å². The molecule has 1 saturated carbocycles. The number of aromatic nitrogens is 2. The van der Waals surface area contributed by atoms with E-state index >= 15 is 0 Å². The Bertz CT molecular complexity index is 544. The van der Waals surface area contributed by atoms with Crippen LogP contribution in [0.15, 0.2) is 34.7 Å². The molecule has 3 heteroatoms. The second-order valence-electron chi connectivity index (χ2n) is 6.47. The molecular weight excluding hydrogens is 272 g/mol. The average molecular weight is 298 g/mol. The summed E-state index contributed by atoms with van der Waals surface area (Å²) in [6.07, 6.45) is 12.2. The van der Waals surface area contributed by atoms with Crippen molar-refractivity contribution in [2.45, 2.75) is 64.2 Å². The van der Waals surface area contributed by atoms with Crippen LogP contribution in [0.5, 0.6) is 0 Å². The Morgan fingerprint density at radius 1 is 0.864 bits per heavy atom. The van der Waals surface area contributed by atoms with Crippen molar-refractivity contribution in [3.63, 3.8) is 0 Å². The molecule has 1 fully saturated rings. The van der Waals surface area contributed by atoms with E-state index in [0.29, 0.717) is 0 Å². The van der Waals surface area contributed by atoms with Gasteiger partial charge in [0.1, 0.15) is 0 Å². The fourth-order valence-electron chi connectivity index (χ4n) is 3.38. The van der Waals surface area contributed by atoms with Gasteiger partial charge in [0.15, 0.2) is 0 Å². The fourth-order valence-corrected chi connectivity index (χ4v) is 3.38. The van der Waals surface area contributed by atoms with Gasteiger partial charge in [0, 0.05) is 12.8 Å². The second-order valence-corrected chi connectivity index (χ2v) is 6.47. The molecule has 3 rings (SSSR count). The third kappa shape index (κ3) is 4.69. The topological polar surface area (TPSA) is 38.9 Å². The third-order valence-electron chi connectivity index (χ3n) is 4.70. The predicted octanol–water partition coefficient (Wildman–Crippen LogP) is 4.76. The van der Waals surface area contributed by atoms with Crippen molar-refractivity contribution in [1.29, 1.82) is 0 Å². The van der Waals surface area contributed by atoms with Crippen molar-refractivity contribution >= 4 is 0 Å². The van der Waals surface area contributed by atoms with Crippen LogP contribution in [-0.2, 0) is 19.3 Å². The second kappa shape index (κ2) is 8.11. The summed E-state index contributed by atoms with van der Waals surface area (Å²) in [5, 5.41) is 8.40. The zero-order chi connectivity index (χ0) is 15.0. The molecule has 0 atom stereocenters. The maximum Gasteiger partial charge on any atom is 0.216 e. The maximum absolute atomic E-state index is 5.79. The van der Waals surface area contributed by atoms with Crippen molar-refractivity contribution < 1.29 is 4.42 Å². The SMILES string of the molecule is c1ccc(CCCc2nnc(CCC3CCCCC3)o2)cc1. The van der Waals surface area contributed by atoms with E-state index in [-0.39, 0.29) is 0 Å².